The molecule has 2 rings (SSSR count). The predicted molar refractivity (Wildman–Crippen MR) is 76.5 cm³/mol. The van der Waals surface area contributed by atoms with Gasteiger partial charge in [0.05, 0.1) is 0 Å². The molecular weight excluding hydrogens is 256 g/mol. The standard InChI is InChI=1S/C15H18N2O3/c1-16-7-9-17(10-8-16)15(20)13-4-2-3-12(11-13)5-6-14(18)19/h2-6,11H,7-10H2,1H3,(H,18,19). The van der Waals surface area contributed by atoms with Crippen LogP contribution in [-0.4, -0.2) is 60.0 Å². The van der Waals surface area contributed by atoms with E-state index < -0.39 is 5.97 Å². The first kappa shape index (κ1) is 14.3. The Morgan fingerprint density at radius 1 is 1.20 bits per heavy atom. The molecule has 1 aromatic rings. The maximum Gasteiger partial charge on any atom is 0.328 e. The molecule has 1 amide bonds. The Labute approximate surface area is 118 Å². The number of aliphatic carboxylic acids is 1. The minimum atomic E-state index is -0.999. The lowest BCUT2D eigenvalue weighted by molar-refractivity contribution is -0.131. The molecule has 0 aliphatic carbocycles. The molecule has 1 heterocycles. The molecule has 0 spiro atoms. The van der Waals surface area contributed by atoms with Crippen molar-refractivity contribution >= 4 is 18.0 Å². The van der Waals surface area contributed by atoms with E-state index in [4.69, 9.17) is 5.11 Å². The number of piperazine rings is 1. The summed E-state index contributed by atoms with van der Waals surface area (Å²) in [6, 6.07) is 7.03. The van der Waals surface area contributed by atoms with Crippen LogP contribution in [0.15, 0.2) is 30.3 Å². The van der Waals surface area contributed by atoms with Gasteiger partial charge in [-0.3, -0.25) is 4.79 Å². The van der Waals surface area contributed by atoms with E-state index in [9.17, 15) is 9.59 Å². The van der Waals surface area contributed by atoms with Crippen molar-refractivity contribution in [2.24, 2.45) is 0 Å². The average molecular weight is 274 g/mol. The van der Waals surface area contributed by atoms with Gasteiger partial charge in [0, 0.05) is 37.8 Å². The second kappa shape index (κ2) is 6.34. The summed E-state index contributed by atoms with van der Waals surface area (Å²) in [4.78, 5) is 26.9. The van der Waals surface area contributed by atoms with E-state index >= 15 is 0 Å². The number of rotatable bonds is 3. The maximum atomic E-state index is 12.4. The molecule has 0 aromatic heterocycles. The van der Waals surface area contributed by atoms with E-state index in [2.05, 4.69) is 4.90 Å². The van der Waals surface area contributed by atoms with Crippen molar-refractivity contribution in [3.63, 3.8) is 0 Å². The van der Waals surface area contributed by atoms with Gasteiger partial charge in [-0.05, 0) is 30.8 Å². The molecule has 106 valence electrons. The van der Waals surface area contributed by atoms with Crippen LogP contribution in [0.1, 0.15) is 15.9 Å². The fraction of sp³-hybridized carbons (Fsp3) is 0.333. The van der Waals surface area contributed by atoms with Crippen molar-refractivity contribution in [2.45, 2.75) is 0 Å². The van der Waals surface area contributed by atoms with Gasteiger partial charge in [0.1, 0.15) is 0 Å². The molecule has 0 unspecified atom stereocenters. The van der Waals surface area contributed by atoms with Crippen molar-refractivity contribution < 1.29 is 14.7 Å². The van der Waals surface area contributed by atoms with Gasteiger partial charge in [-0.25, -0.2) is 4.79 Å². The van der Waals surface area contributed by atoms with Crippen LogP contribution in [0, 0.1) is 0 Å². The number of nitrogens with zero attached hydrogens (tertiary/aromatic N) is 2. The number of likely N-dealkylation sites (N-methyl/N-ethyl adjacent to an activating group) is 1. The van der Waals surface area contributed by atoms with Gasteiger partial charge >= 0.3 is 5.97 Å². The second-order valence-electron chi connectivity index (χ2n) is 4.89. The number of hydrogen-bond acceptors (Lipinski definition) is 3. The van der Waals surface area contributed by atoms with Crippen LogP contribution in [0.2, 0.25) is 0 Å². The van der Waals surface area contributed by atoms with Gasteiger partial charge in [0.25, 0.3) is 5.91 Å². The van der Waals surface area contributed by atoms with Gasteiger partial charge in [-0.2, -0.15) is 0 Å². The molecule has 1 saturated heterocycles. The van der Waals surface area contributed by atoms with Crippen molar-refractivity contribution in [1.82, 2.24) is 9.80 Å². The molecule has 1 N–H and O–H groups in total. The minimum absolute atomic E-state index is 0.00340. The molecule has 0 bridgehead atoms. The Bertz CT molecular complexity index is 532. The zero-order chi connectivity index (χ0) is 14.5. The van der Waals surface area contributed by atoms with Crippen molar-refractivity contribution in [3.05, 3.63) is 41.5 Å². The number of amides is 1. The number of carboxylic acid groups (broad SMARTS) is 1. The Kier molecular flexibility index (Phi) is 4.53. The van der Waals surface area contributed by atoms with E-state index in [0.29, 0.717) is 11.1 Å². The fourth-order valence-corrected chi connectivity index (χ4v) is 2.13. The van der Waals surface area contributed by atoms with E-state index in [-0.39, 0.29) is 5.91 Å². The van der Waals surface area contributed by atoms with Gasteiger partial charge < -0.3 is 14.9 Å². The van der Waals surface area contributed by atoms with Gasteiger partial charge in [-0.1, -0.05) is 12.1 Å². The molecule has 0 radical (unpaired) electrons. The zero-order valence-corrected chi connectivity index (χ0v) is 11.5. The van der Waals surface area contributed by atoms with Crippen molar-refractivity contribution in [3.8, 4) is 0 Å². The van der Waals surface area contributed by atoms with E-state index in [1.54, 1.807) is 24.3 Å². The summed E-state index contributed by atoms with van der Waals surface area (Å²) in [5, 5.41) is 8.62. The molecule has 1 fully saturated rings. The smallest absolute Gasteiger partial charge is 0.328 e. The quantitative estimate of drug-likeness (QED) is 0.841. The van der Waals surface area contributed by atoms with Crippen molar-refractivity contribution in [1.29, 1.82) is 0 Å². The third-order valence-electron chi connectivity index (χ3n) is 3.34. The third kappa shape index (κ3) is 3.68. The molecular formula is C15H18N2O3. The summed E-state index contributed by atoms with van der Waals surface area (Å²) >= 11 is 0. The van der Waals surface area contributed by atoms with E-state index in [1.807, 2.05) is 11.9 Å². The Morgan fingerprint density at radius 3 is 2.55 bits per heavy atom. The SMILES string of the molecule is CN1CCN(C(=O)c2cccc(C=CC(=O)O)c2)CC1. The number of carboxylic acids is 1. The first-order valence-corrected chi connectivity index (χ1v) is 6.55. The lowest BCUT2D eigenvalue weighted by Crippen LogP contribution is -2.47. The second-order valence-corrected chi connectivity index (χ2v) is 4.89. The third-order valence-corrected chi connectivity index (χ3v) is 3.34. The number of hydrogen-bond donors (Lipinski definition) is 1. The first-order chi connectivity index (χ1) is 9.56. The minimum Gasteiger partial charge on any atom is -0.478 e. The monoisotopic (exact) mass is 274 g/mol. The van der Waals surface area contributed by atoms with Crippen LogP contribution in [0.4, 0.5) is 0 Å². The Morgan fingerprint density at radius 2 is 1.90 bits per heavy atom. The summed E-state index contributed by atoms with van der Waals surface area (Å²) in [5.74, 6) is -0.996. The average Bonchev–Trinajstić information content (AvgIpc) is 2.45. The molecule has 20 heavy (non-hydrogen) atoms. The normalized spacial score (nSPS) is 16.6. The first-order valence-electron chi connectivity index (χ1n) is 6.55. The number of carbonyl (C=O) groups excluding carboxylic acids is 1. The summed E-state index contributed by atoms with van der Waals surface area (Å²) in [6.07, 6.45) is 2.56. The lowest BCUT2D eigenvalue weighted by atomic mass is 10.1. The summed E-state index contributed by atoms with van der Waals surface area (Å²) < 4.78 is 0. The van der Waals surface area contributed by atoms with Crippen LogP contribution < -0.4 is 0 Å². The molecule has 0 atom stereocenters. The Balaban J connectivity index is 2.10. The van der Waals surface area contributed by atoms with Crippen LogP contribution >= 0.6 is 0 Å². The molecule has 5 nitrogen and oxygen atoms in total. The summed E-state index contributed by atoms with van der Waals surface area (Å²) in [5.41, 5.74) is 1.31. The molecule has 1 aliphatic heterocycles. The topological polar surface area (TPSA) is 60.9 Å². The summed E-state index contributed by atoms with van der Waals surface area (Å²) in [7, 11) is 2.04. The number of benzene rings is 1. The van der Waals surface area contributed by atoms with Gasteiger partial charge in [0.15, 0.2) is 0 Å². The lowest BCUT2D eigenvalue weighted by Gasteiger charge is -2.32. The highest BCUT2D eigenvalue weighted by Crippen LogP contribution is 2.11. The number of carbonyl (C=O) groups is 2. The van der Waals surface area contributed by atoms with Crippen LogP contribution in [0.3, 0.4) is 0 Å². The highest BCUT2D eigenvalue weighted by molar-refractivity contribution is 5.95. The molecule has 1 aliphatic rings. The van der Waals surface area contributed by atoms with E-state index in [0.717, 1.165) is 32.3 Å². The van der Waals surface area contributed by atoms with Crippen LogP contribution in [-0.2, 0) is 4.79 Å². The maximum absolute atomic E-state index is 12.4. The Hall–Kier alpha value is -2.14. The van der Waals surface area contributed by atoms with E-state index in [1.165, 1.54) is 6.08 Å². The van der Waals surface area contributed by atoms with Gasteiger partial charge in [-0.15, -0.1) is 0 Å². The highest BCUT2D eigenvalue weighted by Gasteiger charge is 2.20. The molecule has 0 saturated carbocycles. The zero-order valence-electron chi connectivity index (χ0n) is 11.5. The summed E-state index contributed by atoms with van der Waals surface area (Å²) in [6.45, 7) is 3.21. The van der Waals surface area contributed by atoms with Crippen molar-refractivity contribution in [2.75, 3.05) is 33.2 Å². The fourth-order valence-electron chi connectivity index (χ4n) is 2.13. The predicted octanol–water partition coefficient (Wildman–Crippen LogP) is 1.17. The molecule has 5 heteroatoms. The van der Waals surface area contributed by atoms with Crippen LogP contribution in [0.25, 0.3) is 6.08 Å². The van der Waals surface area contributed by atoms with Crippen LogP contribution in [0.5, 0.6) is 0 Å². The van der Waals surface area contributed by atoms with Gasteiger partial charge in [0.2, 0.25) is 0 Å². The molecule has 1 aromatic carbocycles. The largest absolute Gasteiger partial charge is 0.478 e. The highest BCUT2D eigenvalue weighted by atomic mass is 16.4.